The molecule has 0 saturated heterocycles. The van der Waals surface area contributed by atoms with E-state index in [-0.39, 0.29) is 0 Å². The molecule has 39 heavy (non-hydrogen) atoms. The van der Waals surface area contributed by atoms with Gasteiger partial charge in [-0.2, -0.15) is 0 Å². The van der Waals surface area contributed by atoms with E-state index in [1.165, 1.54) is 5.39 Å². The first-order chi connectivity index (χ1) is 19.3. The van der Waals surface area contributed by atoms with Crippen molar-refractivity contribution in [3.8, 4) is 16.8 Å². The molecule has 0 aliphatic heterocycles. The van der Waals surface area contributed by atoms with E-state index in [2.05, 4.69) is 108 Å². The maximum atomic E-state index is 6.44. The average Bonchev–Trinajstić information content (AvgIpc) is 3.66. The molecule has 6 aromatic carbocycles. The van der Waals surface area contributed by atoms with Crippen LogP contribution in [0.25, 0.3) is 82.5 Å². The number of rotatable bonds is 2. The fraction of sp³-hybridized carbons (Fsp3) is 0. The van der Waals surface area contributed by atoms with Crippen LogP contribution < -0.4 is 0 Å². The van der Waals surface area contributed by atoms with Gasteiger partial charge >= 0.3 is 0 Å². The molecule has 182 valence electrons. The molecule has 0 unspecified atom stereocenters. The lowest BCUT2D eigenvalue weighted by atomic mass is 10.0. The highest BCUT2D eigenvalue weighted by atomic mass is 16.3. The summed E-state index contributed by atoms with van der Waals surface area (Å²) in [6.07, 6.45) is 0. The summed E-state index contributed by atoms with van der Waals surface area (Å²) in [5, 5.41) is 6.92. The van der Waals surface area contributed by atoms with Crippen LogP contribution in [0.3, 0.4) is 0 Å². The molecule has 3 nitrogen and oxygen atoms in total. The Bertz CT molecular complexity index is 2380. The maximum absolute atomic E-state index is 6.44. The third-order valence-electron chi connectivity index (χ3n) is 8.02. The van der Waals surface area contributed by atoms with E-state index < -0.39 is 0 Å². The molecule has 0 N–H and O–H groups in total. The molecule has 0 aliphatic rings. The van der Waals surface area contributed by atoms with Gasteiger partial charge in [0.2, 0.25) is 0 Å². The zero-order chi connectivity index (χ0) is 25.5. The second-order valence-corrected chi connectivity index (χ2v) is 10.1. The van der Waals surface area contributed by atoms with Gasteiger partial charge in [-0.05, 0) is 48.0 Å². The molecule has 0 fully saturated rings. The van der Waals surface area contributed by atoms with Crippen molar-refractivity contribution in [3.05, 3.63) is 127 Å². The van der Waals surface area contributed by atoms with Gasteiger partial charge in [0, 0.05) is 38.2 Å². The maximum Gasteiger partial charge on any atom is 0.145 e. The molecular weight excluding hydrogens is 478 g/mol. The molecule has 0 bridgehead atoms. The Kier molecular flexibility index (Phi) is 4.05. The van der Waals surface area contributed by atoms with Crippen LogP contribution >= 0.6 is 0 Å². The summed E-state index contributed by atoms with van der Waals surface area (Å²) < 4.78 is 15.1. The van der Waals surface area contributed by atoms with Gasteiger partial charge in [0.15, 0.2) is 0 Å². The third-order valence-corrected chi connectivity index (χ3v) is 8.02. The predicted octanol–water partition coefficient (Wildman–Crippen LogP) is 10.2. The van der Waals surface area contributed by atoms with Crippen molar-refractivity contribution in [1.82, 2.24) is 4.57 Å². The van der Waals surface area contributed by atoms with Gasteiger partial charge in [-0.25, -0.2) is 0 Å². The molecule has 3 heterocycles. The lowest BCUT2D eigenvalue weighted by Crippen LogP contribution is -1.93. The van der Waals surface area contributed by atoms with Crippen molar-refractivity contribution < 1.29 is 8.83 Å². The van der Waals surface area contributed by atoms with Gasteiger partial charge in [0.1, 0.15) is 22.3 Å². The number of aromatic nitrogens is 1. The third kappa shape index (κ3) is 2.82. The van der Waals surface area contributed by atoms with Crippen molar-refractivity contribution in [3.63, 3.8) is 0 Å². The Hall–Kier alpha value is -5.28. The highest BCUT2D eigenvalue weighted by Crippen LogP contribution is 2.41. The topological polar surface area (TPSA) is 31.2 Å². The van der Waals surface area contributed by atoms with Crippen molar-refractivity contribution in [1.29, 1.82) is 0 Å². The van der Waals surface area contributed by atoms with Crippen LogP contribution in [0, 0.1) is 0 Å². The second-order valence-electron chi connectivity index (χ2n) is 10.1. The highest BCUT2D eigenvalue weighted by Gasteiger charge is 2.18. The number of hydrogen-bond donors (Lipinski definition) is 0. The molecule has 0 aliphatic carbocycles. The SMILES string of the molecule is c1ccc2c(c1)oc1c(-c3ccc(-n4c5ccccc5c5c6oc7ccccc7c6ccc54)cc3)cccc12. The number of nitrogens with zero attached hydrogens (tertiary/aromatic N) is 1. The minimum Gasteiger partial charge on any atom is -0.455 e. The van der Waals surface area contributed by atoms with Gasteiger partial charge in [-0.3, -0.25) is 0 Å². The number of furan rings is 2. The van der Waals surface area contributed by atoms with Crippen LogP contribution in [0.1, 0.15) is 0 Å². The van der Waals surface area contributed by atoms with Gasteiger partial charge in [-0.15, -0.1) is 0 Å². The smallest absolute Gasteiger partial charge is 0.145 e. The van der Waals surface area contributed by atoms with Crippen molar-refractivity contribution >= 4 is 65.7 Å². The summed E-state index contributed by atoms with van der Waals surface area (Å²) >= 11 is 0. The predicted molar refractivity (Wildman–Crippen MR) is 161 cm³/mol. The van der Waals surface area contributed by atoms with Gasteiger partial charge < -0.3 is 13.4 Å². The van der Waals surface area contributed by atoms with Gasteiger partial charge in [0.25, 0.3) is 0 Å². The summed E-state index contributed by atoms with van der Waals surface area (Å²) in [6, 6.07) is 44.7. The van der Waals surface area contributed by atoms with Crippen LogP contribution in [-0.4, -0.2) is 4.57 Å². The molecule has 0 amide bonds. The standard InChI is InChI=1S/C36H21NO2/c1-4-13-30-29(10-1)34-31(21-20-28-26-9-3-6-15-33(26)39-36(28)34)37(30)23-18-16-22(17-19-23)24-11-7-12-27-25-8-2-5-14-32(25)38-35(24)27/h1-21H. The number of fused-ring (bicyclic) bond motifs is 10. The van der Waals surface area contributed by atoms with Crippen molar-refractivity contribution in [2.24, 2.45) is 0 Å². The zero-order valence-electron chi connectivity index (χ0n) is 20.9. The number of benzene rings is 6. The van der Waals surface area contributed by atoms with Gasteiger partial charge in [0.05, 0.1) is 16.4 Å². The van der Waals surface area contributed by atoms with E-state index in [9.17, 15) is 0 Å². The minimum absolute atomic E-state index is 0.916. The van der Waals surface area contributed by atoms with E-state index in [4.69, 9.17) is 8.83 Å². The van der Waals surface area contributed by atoms with Gasteiger partial charge in [-0.1, -0.05) is 84.9 Å². The fourth-order valence-corrected chi connectivity index (χ4v) is 6.28. The first-order valence-corrected chi connectivity index (χ1v) is 13.2. The fourth-order valence-electron chi connectivity index (χ4n) is 6.28. The lowest BCUT2D eigenvalue weighted by molar-refractivity contribution is 0.670. The molecule has 0 radical (unpaired) electrons. The molecule has 0 saturated carbocycles. The summed E-state index contributed by atoms with van der Waals surface area (Å²) in [4.78, 5) is 0. The molecule has 0 atom stereocenters. The van der Waals surface area contributed by atoms with Crippen LogP contribution in [0.5, 0.6) is 0 Å². The Morgan fingerprint density at radius 2 is 1.03 bits per heavy atom. The van der Waals surface area contributed by atoms with Crippen molar-refractivity contribution in [2.75, 3.05) is 0 Å². The largest absolute Gasteiger partial charge is 0.455 e. The number of para-hydroxylation sites is 4. The van der Waals surface area contributed by atoms with E-state index in [0.29, 0.717) is 0 Å². The van der Waals surface area contributed by atoms with E-state index in [0.717, 1.165) is 77.1 Å². The van der Waals surface area contributed by atoms with Crippen LogP contribution in [0.15, 0.2) is 136 Å². The van der Waals surface area contributed by atoms with E-state index >= 15 is 0 Å². The first kappa shape index (κ1) is 20.7. The van der Waals surface area contributed by atoms with Crippen LogP contribution in [0.2, 0.25) is 0 Å². The molecule has 9 rings (SSSR count). The first-order valence-electron chi connectivity index (χ1n) is 13.2. The van der Waals surface area contributed by atoms with E-state index in [1.54, 1.807) is 0 Å². The Morgan fingerprint density at radius 3 is 1.79 bits per heavy atom. The van der Waals surface area contributed by atoms with Crippen molar-refractivity contribution in [2.45, 2.75) is 0 Å². The Balaban J connectivity index is 1.27. The molecule has 0 spiro atoms. The summed E-state index contributed by atoms with van der Waals surface area (Å²) in [7, 11) is 0. The lowest BCUT2D eigenvalue weighted by Gasteiger charge is -2.09. The number of hydrogen-bond acceptors (Lipinski definition) is 2. The monoisotopic (exact) mass is 499 g/mol. The molecule has 3 aromatic heterocycles. The minimum atomic E-state index is 0.916. The molecular formula is C36H21NO2. The normalized spacial score (nSPS) is 12.1. The van der Waals surface area contributed by atoms with E-state index in [1.807, 2.05) is 24.3 Å². The Morgan fingerprint density at radius 1 is 0.410 bits per heavy atom. The summed E-state index contributed by atoms with van der Waals surface area (Å²) in [6.45, 7) is 0. The molecule has 3 heteroatoms. The summed E-state index contributed by atoms with van der Waals surface area (Å²) in [5.41, 5.74) is 9.33. The quantitative estimate of drug-likeness (QED) is 0.237. The highest BCUT2D eigenvalue weighted by molar-refractivity contribution is 6.23. The summed E-state index contributed by atoms with van der Waals surface area (Å²) in [5.74, 6) is 0. The molecule has 9 aromatic rings. The average molecular weight is 500 g/mol. The Labute approximate surface area is 223 Å². The van der Waals surface area contributed by atoms with Crippen LogP contribution in [-0.2, 0) is 0 Å². The second kappa shape index (κ2) is 7.62. The van der Waals surface area contributed by atoms with Crippen LogP contribution in [0.4, 0.5) is 0 Å². The zero-order valence-corrected chi connectivity index (χ0v) is 20.9.